The number of fused-ring (bicyclic) bond motifs is 2. The highest BCUT2D eigenvalue weighted by Crippen LogP contribution is 2.45. The summed E-state index contributed by atoms with van der Waals surface area (Å²) in [5.74, 6) is -0.494. The van der Waals surface area contributed by atoms with Crippen LogP contribution in [-0.2, 0) is 10.9 Å². The van der Waals surface area contributed by atoms with E-state index in [-0.39, 0.29) is 24.4 Å². The van der Waals surface area contributed by atoms with Crippen molar-refractivity contribution in [2.45, 2.75) is 18.4 Å². The number of rotatable bonds is 3. The predicted molar refractivity (Wildman–Crippen MR) is 88.2 cm³/mol. The van der Waals surface area contributed by atoms with Gasteiger partial charge in [-0.2, -0.15) is 0 Å². The average molecular weight is 316 g/mol. The number of hydrogen-bond acceptors (Lipinski definition) is 2. The number of benzene rings is 2. The van der Waals surface area contributed by atoms with Crippen LogP contribution in [0.4, 0.5) is 4.39 Å². The first-order valence-electron chi connectivity index (χ1n) is 7.16. The summed E-state index contributed by atoms with van der Waals surface area (Å²) in [5, 5.41) is 9.58. The Kier molecular flexibility index (Phi) is 4.39. The summed E-state index contributed by atoms with van der Waals surface area (Å²) in [6.45, 7) is 3.87. The molecule has 0 aromatic heterocycles. The molecule has 1 unspecified atom stereocenters. The molecule has 0 spiro atoms. The standard InChI is InChI=1S/C18H18FO2P/c1-11(10-20)17-15-5-3-2-4-12(15)8-13-6-7-14(19)9-16(13)18(17)21-22/h2-7,9,17-18,20H,1,8,10,22H2/t17-,18+/m1/s1. The molecule has 1 N–H and O–H groups in total. The molecule has 4 heteroatoms. The lowest BCUT2D eigenvalue weighted by molar-refractivity contribution is 0.208. The molecule has 3 rings (SSSR count). The van der Waals surface area contributed by atoms with Crippen LogP contribution >= 0.6 is 9.47 Å². The van der Waals surface area contributed by atoms with Crippen molar-refractivity contribution in [3.63, 3.8) is 0 Å². The van der Waals surface area contributed by atoms with Crippen LogP contribution in [-0.4, -0.2) is 11.7 Å². The molecule has 3 atom stereocenters. The molecule has 0 fully saturated rings. The van der Waals surface area contributed by atoms with E-state index >= 15 is 0 Å². The molecular formula is C18H18FO2P. The molecule has 0 bridgehead atoms. The molecule has 22 heavy (non-hydrogen) atoms. The van der Waals surface area contributed by atoms with E-state index in [4.69, 9.17) is 4.52 Å². The van der Waals surface area contributed by atoms with E-state index in [0.29, 0.717) is 12.0 Å². The largest absolute Gasteiger partial charge is 0.392 e. The van der Waals surface area contributed by atoms with Crippen LogP contribution in [0.15, 0.2) is 54.6 Å². The molecule has 1 aliphatic carbocycles. The highest BCUT2D eigenvalue weighted by molar-refractivity contribution is 7.09. The van der Waals surface area contributed by atoms with Crippen molar-refractivity contribution in [2.75, 3.05) is 6.61 Å². The van der Waals surface area contributed by atoms with Gasteiger partial charge in [0, 0.05) is 15.4 Å². The molecule has 114 valence electrons. The summed E-state index contributed by atoms with van der Waals surface area (Å²) >= 11 is 0. The second-order valence-corrected chi connectivity index (χ2v) is 5.84. The van der Waals surface area contributed by atoms with Gasteiger partial charge in [-0.15, -0.1) is 0 Å². The summed E-state index contributed by atoms with van der Waals surface area (Å²) in [5.41, 5.74) is 4.74. The minimum atomic E-state index is -0.390. The second-order valence-electron chi connectivity index (χ2n) is 5.57. The van der Waals surface area contributed by atoms with E-state index < -0.39 is 0 Å². The minimum Gasteiger partial charge on any atom is -0.392 e. The van der Waals surface area contributed by atoms with Gasteiger partial charge in [-0.3, -0.25) is 0 Å². The van der Waals surface area contributed by atoms with Gasteiger partial charge in [0.25, 0.3) is 0 Å². The van der Waals surface area contributed by atoms with Gasteiger partial charge in [0.15, 0.2) is 0 Å². The molecular weight excluding hydrogens is 298 g/mol. The van der Waals surface area contributed by atoms with E-state index in [1.54, 1.807) is 0 Å². The van der Waals surface area contributed by atoms with Crippen molar-refractivity contribution in [3.8, 4) is 0 Å². The lowest BCUT2D eigenvalue weighted by Gasteiger charge is -2.27. The van der Waals surface area contributed by atoms with Gasteiger partial charge in [0.1, 0.15) is 5.82 Å². The van der Waals surface area contributed by atoms with Crippen molar-refractivity contribution >= 4 is 9.47 Å². The first-order valence-corrected chi connectivity index (χ1v) is 7.63. The van der Waals surface area contributed by atoms with Crippen LogP contribution in [0, 0.1) is 5.82 Å². The monoisotopic (exact) mass is 316 g/mol. The van der Waals surface area contributed by atoms with Crippen LogP contribution in [0.5, 0.6) is 0 Å². The van der Waals surface area contributed by atoms with Gasteiger partial charge in [0.05, 0.1) is 12.7 Å². The first-order chi connectivity index (χ1) is 10.7. The summed E-state index contributed by atoms with van der Waals surface area (Å²) in [6, 6.07) is 12.8. The number of aliphatic hydroxyl groups is 1. The fraction of sp³-hybridized carbons (Fsp3) is 0.222. The Hall–Kier alpha value is -1.54. The lowest BCUT2D eigenvalue weighted by Crippen LogP contribution is -2.16. The van der Waals surface area contributed by atoms with Gasteiger partial charge >= 0.3 is 0 Å². The summed E-state index contributed by atoms with van der Waals surface area (Å²) in [6.07, 6.45) is 0.324. The third-order valence-electron chi connectivity index (χ3n) is 4.28. The van der Waals surface area contributed by atoms with Gasteiger partial charge < -0.3 is 9.63 Å². The Bertz CT molecular complexity index is 714. The van der Waals surface area contributed by atoms with Crippen molar-refractivity contribution in [3.05, 3.63) is 82.7 Å². The molecule has 2 aromatic rings. The van der Waals surface area contributed by atoms with Crippen LogP contribution in [0.3, 0.4) is 0 Å². The Morgan fingerprint density at radius 2 is 1.95 bits per heavy atom. The molecule has 0 aliphatic heterocycles. The highest BCUT2D eigenvalue weighted by Gasteiger charge is 2.33. The maximum absolute atomic E-state index is 13.7. The maximum Gasteiger partial charge on any atom is 0.123 e. The number of hydrogen-bond donors (Lipinski definition) is 1. The number of halogens is 1. The summed E-state index contributed by atoms with van der Waals surface area (Å²) < 4.78 is 19.4. The highest BCUT2D eigenvalue weighted by atomic mass is 31.0. The van der Waals surface area contributed by atoms with E-state index in [2.05, 4.69) is 22.1 Å². The van der Waals surface area contributed by atoms with E-state index in [0.717, 1.165) is 22.3 Å². The van der Waals surface area contributed by atoms with Crippen molar-refractivity contribution in [1.29, 1.82) is 0 Å². The first kappa shape index (κ1) is 15.4. The van der Waals surface area contributed by atoms with Crippen LogP contribution in [0.2, 0.25) is 0 Å². The quantitative estimate of drug-likeness (QED) is 0.687. The molecule has 1 aliphatic rings. The Morgan fingerprint density at radius 3 is 2.68 bits per heavy atom. The Morgan fingerprint density at radius 1 is 1.23 bits per heavy atom. The molecule has 2 nitrogen and oxygen atoms in total. The van der Waals surface area contributed by atoms with Gasteiger partial charge in [-0.25, -0.2) is 4.39 Å². The Labute approximate surface area is 131 Å². The average Bonchev–Trinajstić information content (AvgIpc) is 2.67. The molecule has 0 saturated carbocycles. The third kappa shape index (κ3) is 2.61. The lowest BCUT2D eigenvalue weighted by atomic mass is 9.84. The molecule has 0 heterocycles. The SMILES string of the molecule is C=C(CO)[C@@H]1c2ccccc2Cc2ccc(F)cc2[C@@H]1OP. The van der Waals surface area contributed by atoms with Crippen molar-refractivity contribution < 1.29 is 14.0 Å². The zero-order valence-corrected chi connectivity index (χ0v) is 13.3. The summed E-state index contributed by atoms with van der Waals surface area (Å²) in [7, 11) is 2.27. The third-order valence-corrected chi connectivity index (χ3v) is 4.57. The Balaban J connectivity index is 2.25. The van der Waals surface area contributed by atoms with Crippen molar-refractivity contribution in [1.82, 2.24) is 0 Å². The van der Waals surface area contributed by atoms with E-state index in [1.165, 1.54) is 12.1 Å². The second kappa shape index (κ2) is 6.29. The van der Waals surface area contributed by atoms with Gasteiger partial charge in [-0.05, 0) is 46.4 Å². The predicted octanol–water partition coefficient (Wildman–Crippen LogP) is 3.91. The topological polar surface area (TPSA) is 29.5 Å². The van der Waals surface area contributed by atoms with Crippen molar-refractivity contribution in [2.24, 2.45) is 0 Å². The normalized spacial score (nSPS) is 20.0. The molecule has 0 amide bonds. The zero-order valence-electron chi connectivity index (χ0n) is 12.1. The fourth-order valence-corrected chi connectivity index (χ4v) is 3.53. The molecule has 0 saturated heterocycles. The van der Waals surface area contributed by atoms with E-state index in [9.17, 15) is 9.50 Å². The molecule has 0 radical (unpaired) electrons. The van der Waals surface area contributed by atoms with Gasteiger partial charge in [0.2, 0.25) is 0 Å². The van der Waals surface area contributed by atoms with Crippen LogP contribution in [0.25, 0.3) is 0 Å². The molecule has 2 aromatic carbocycles. The van der Waals surface area contributed by atoms with Crippen LogP contribution in [0.1, 0.15) is 34.3 Å². The minimum absolute atomic E-state index is 0.131. The maximum atomic E-state index is 13.7. The zero-order chi connectivity index (χ0) is 15.7. The number of aliphatic hydroxyl groups excluding tert-OH is 1. The fourth-order valence-electron chi connectivity index (χ4n) is 3.22. The summed E-state index contributed by atoms with van der Waals surface area (Å²) in [4.78, 5) is 0. The van der Waals surface area contributed by atoms with Crippen LogP contribution < -0.4 is 0 Å². The smallest absolute Gasteiger partial charge is 0.123 e. The van der Waals surface area contributed by atoms with E-state index in [1.807, 2.05) is 24.3 Å². The van der Waals surface area contributed by atoms with Gasteiger partial charge in [-0.1, -0.05) is 36.9 Å².